The maximum atomic E-state index is 12.1. The summed E-state index contributed by atoms with van der Waals surface area (Å²) in [5.74, 6) is -0.376. The Balaban J connectivity index is 2.03. The normalized spacial score (nSPS) is 14.5. The average molecular weight is 276 g/mol. The maximum Gasteiger partial charge on any atom is 0.336 e. The number of anilines is 1. The quantitative estimate of drug-likeness (QED) is 0.888. The molecule has 20 heavy (non-hydrogen) atoms. The van der Waals surface area contributed by atoms with Crippen LogP contribution in [0.4, 0.5) is 10.5 Å². The summed E-state index contributed by atoms with van der Waals surface area (Å²) < 4.78 is 0. The molecule has 1 aromatic rings. The standard InChI is InChI=1S/C15H20N2O3/c1-10-12(14(18)19)7-4-8-13(10)16-15(20)17(2)9-11-5-3-6-11/h4,7-8,11H,3,5-6,9H2,1-2H3,(H,16,20)(H,18,19). The molecule has 1 aromatic carbocycles. The van der Waals surface area contributed by atoms with Gasteiger partial charge in [-0.1, -0.05) is 12.5 Å². The molecule has 1 fully saturated rings. The van der Waals surface area contributed by atoms with E-state index in [0.29, 0.717) is 17.2 Å². The van der Waals surface area contributed by atoms with Gasteiger partial charge in [-0.25, -0.2) is 9.59 Å². The highest BCUT2D eigenvalue weighted by Crippen LogP contribution is 2.27. The molecule has 1 aliphatic rings. The minimum Gasteiger partial charge on any atom is -0.478 e. The first-order valence-electron chi connectivity index (χ1n) is 6.84. The van der Waals surface area contributed by atoms with Crippen molar-refractivity contribution in [3.8, 4) is 0 Å². The molecule has 0 radical (unpaired) electrons. The Morgan fingerprint density at radius 3 is 2.65 bits per heavy atom. The Morgan fingerprint density at radius 1 is 1.40 bits per heavy atom. The summed E-state index contributed by atoms with van der Waals surface area (Å²) in [5, 5.41) is 11.9. The SMILES string of the molecule is Cc1c(NC(=O)N(C)CC2CCC2)cccc1C(=O)O. The number of carbonyl (C=O) groups is 2. The highest BCUT2D eigenvalue weighted by atomic mass is 16.4. The molecule has 0 bridgehead atoms. The van der Waals surface area contributed by atoms with Gasteiger partial charge in [0.25, 0.3) is 0 Å². The Labute approximate surface area is 118 Å². The summed E-state index contributed by atoms with van der Waals surface area (Å²) in [7, 11) is 1.77. The largest absolute Gasteiger partial charge is 0.478 e. The second kappa shape index (κ2) is 5.94. The van der Waals surface area contributed by atoms with Crippen LogP contribution in [0.15, 0.2) is 18.2 Å². The number of nitrogens with one attached hydrogen (secondary N) is 1. The number of carboxylic acids is 1. The highest BCUT2D eigenvalue weighted by Gasteiger charge is 2.22. The summed E-state index contributed by atoms with van der Waals surface area (Å²) in [6.07, 6.45) is 3.62. The second-order valence-electron chi connectivity index (χ2n) is 5.39. The van der Waals surface area contributed by atoms with Crippen LogP contribution in [-0.2, 0) is 0 Å². The number of hydrogen-bond donors (Lipinski definition) is 2. The molecule has 5 nitrogen and oxygen atoms in total. The molecule has 2 N–H and O–H groups in total. The van der Waals surface area contributed by atoms with Crippen LogP contribution in [0.25, 0.3) is 0 Å². The predicted octanol–water partition coefficient (Wildman–Crippen LogP) is 2.96. The first-order valence-corrected chi connectivity index (χ1v) is 6.84. The molecule has 5 heteroatoms. The Kier molecular flexibility index (Phi) is 4.27. The number of aromatic carboxylic acids is 1. The van der Waals surface area contributed by atoms with Crippen molar-refractivity contribution in [3.05, 3.63) is 29.3 Å². The maximum absolute atomic E-state index is 12.1. The molecule has 108 valence electrons. The van der Waals surface area contributed by atoms with E-state index < -0.39 is 5.97 Å². The fourth-order valence-electron chi connectivity index (χ4n) is 2.36. The minimum atomic E-state index is -0.985. The van der Waals surface area contributed by atoms with Gasteiger partial charge in [-0.05, 0) is 43.4 Å². The minimum absolute atomic E-state index is 0.192. The van der Waals surface area contributed by atoms with Crippen LogP contribution in [0.1, 0.15) is 35.2 Å². The van der Waals surface area contributed by atoms with E-state index in [0.717, 1.165) is 6.54 Å². The molecule has 1 saturated carbocycles. The lowest BCUT2D eigenvalue weighted by atomic mass is 9.85. The summed E-state index contributed by atoms with van der Waals surface area (Å²) in [6, 6.07) is 4.70. The lowest BCUT2D eigenvalue weighted by Gasteiger charge is -2.30. The van der Waals surface area contributed by atoms with Crippen LogP contribution in [0.5, 0.6) is 0 Å². The molecule has 0 saturated heterocycles. The zero-order valence-electron chi connectivity index (χ0n) is 11.8. The third-order valence-electron chi connectivity index (χ3n) is 3.91. The third-order valence-corrected chi connectivity index (χ3v) is 3.91. The Hall–Kier alpha value is -2.04. The van der Waals surface area contributed by atoms with Crippen LogP contribution >= 0.6 is 0 Å². The molecule has 1 aliphatic carbocycles. The van der Waals surface area contributed by atoms with Gasteiger partial charge < -0.3 is 15.3 Å². The van der Waals surface area contributed by atoms with Gasteiger partial charge in [0.2, 0.25) is 0 Å². The fourth-order valence-corrected chi connectivity index (χ4v) is 2.36. The monoisotopic (exact) mass is 276 g/mol. The molecule has 0 atom stereocenters. The van der Waals surface area contributed by atoms with Crippen LogP contribution in [-0.4, -0.2) is 35.6 Å². The van der Waals surface area contributed by atoms with Gasteiger partial charge in [-0.2, -0.15) is 0 Å². The highest BCUT2D eigenvalue weighted by molar-refractivity contribution is 5.95. The van der Waals surface area contributed by atoms with E-state index in [1.165, 1.54) is 25.3 Å². The number of urea groups is 1. The van der Waals surface area contributed by atoms with Gasteiger partial charge in [0.15, 0.2) is 0 Å². The molecule has 0 unspecified atom stereocenters. The predicted molar refractivity (Wildman–Crippen MR) is 77.1 cm³/mol. The zero-order chi connectivity index (χ0) is 14.7. The Morgan fingerprint density at radius 2 is 2.10 bits per heavy atom. The van der Waals surface area contributed by atoms with E-state index >= 15 is 0 Å². The van der Waals surface area contributed by atoms with Crippen molar-refractivity contribution in [2.45, 2.75) is 26.2 Å². The number of hydrogen-bond acceptors (Lipinski definition) is 2. The number of carboxylic acid groups (broad SMARTS) is 1. The van der Waals surface area contributed by atoms with Crippen LogP contribution in [0.2, 0.25) is 0 Å². The third kappa shape index (κ3) is 3.10. The lowest BCUT2D eigenvalue weighted by Crippen LogP contribution is -2.37. The number of nitrogens with zero attached hydrogens (tertiary/aromatic N) is 1. The van der Waals surface area contributed by atoms with Gasteiger partial charge in [0, 0.05) is 19.3 Å². The molecule has 0 aliphatic heterocycles. The second-order valence-corrected chi connectivity index (χ2v) is 5.39. The zero-order valence-corrected chi connectivity index (χ0v) is 11.8. The van der Waals surface area contributed by atoms with E-state index in [4.69, 9.17) is 5.11 Å². The van der Waals surface area contributed by atoms with E-state index in [-0.39, 0.29) is 11.6 Å². The summed E-state index contributed by atoms with van der Waals surface area (Å²) >= 11 is 0. The van der Waals surface area contributed by atoms with Crippen molar-refractivity contribution in [2.24, 2.45) is 5.92 Å². The molecule has 0 heterocycles. The van der Waals surface area contributed by atoms with Gasteiger partial charge >= 0.3 is 12.0 Å². The van der Waals surface area contributed by atoms with E-state index in [9.17, 15) is 9.59 Å². The van der Waals surface area contributed by atoms with E-state index in [2.05, 4.69) is 5.32 Å². The molecule has 0 aromatic heterocycles. The van der Waals surface area contributed by atoms with Crippen LogP contribution < -0.4 is 5.32 Å². The molecule has 2 amide bonds. The van der Waals surface area contributed by atoms with Gasteiger partial charge in [-0.3, -0.25) is 0 Å². The summed E-state index contributed by atoms with van der Waals surface area (Å²) in [4.78, 5) is 24.8. The van der Waals surface area contributed by atoms with Gasteiger partial charge in [0.1, 0.15) is 0 Å². The number of amides is 2. The van der Waals surface area contributed by atoms with Crippen molar-refractivity contribution in [3.63, 3.8) is 0 Å². The summed E-state index contributed by atoms with van der Waals surface area (Å²) in [5.41, 5.74) is 1.34. The lowest BCUT2D eigenvalue weighted by molar-refractivity contribution is 0.0696. The van der Waals surface area contributed by atoms with Crippen LogP contribution in [0.3, 0.4) is 0 Å². The van der Waals surface area contributed by atoms with Crippen molar-refractivity contribution < 1.29 is 14.7 Å². The molecule has 2 rings (SSSR count). The number of benzene rings is 1. The van der Waals surface area contributed by atoms with Crippen molar-refractivity contribution in [2.75, 3.05) is 18.9 Å². The molecular weight excluding hydrogens is 256 g/mol. The first kappa shape index (κ1) is 14.4. The Bertz CT molecular complexity index is 524. The fraction of sp³-hybridized carbons (Fsp3) is 0.467. The number of carbonyl (C=O) groups excluding carboxylic acids is 1. The molecular formula is C15H20N2O3. The van der Waals surface area contributed by atoms with Gasteiger partial charge in [0.05, 0.1) is 5.56 Å². The smallest absolute Gasteiger partial charge is 0.336 e. The number of rotatable bonds is 4. The topological polar surface area (TPSA) is 69.6 Å². The van der Waals surface area contributed by atoms with E-state index in [1.54, 1.807) is 31.0 Å². The average Bonchev–Trinajstić information content (AvgIpc) is 2.35. The van der Waals surface area contributed by atoms with Gasteiger partial charge in [-0.15, -0.1) is 0 Å². The van der Waals surface area contributed by atoms with Crippen molar-refractivity contribution in [1.29, 1.82) is 0 Å². The van der Waals surface area contributed by atoms with Crippen molar-refractivity contribution >= 4 is 17.7 Å². The van der Waals surface area contributed by atoms with Crippen LogP contribution in [0, 0.1) is 12.8 Å². The molecule has 0 spiro atoms. The summed E-state index contributed by atoms with van der Waals surface area (Å²) in [6.45, 7) is 2.45. The van der Waals surface area contributed by atoms with Crippen molar-refractivity contribution in [1.82, 2.24) is 4.90 Å². The first-order chi connectivity index (χ1) is 9.49. The van der Waals surface area contributed by atoms with E-state index in [1.807, 2.05) is 0 Å².